The number of hydrogen-bond acceptors (Lipinski definition) is 3. The Morgan fingerprint density at radius 3 is 3.05 bits per heavy atom. The predicted molar refractivity (Wildman–Crippen MR) is 70.3 cm³/mol. The Kier molecular flexibility index (Phi) is 4.49. The molecular formula is C14H17FN2O2. The minimum Gasteiger partial charge on any atom is -0.382 e. The fourth-order valence-corrected chi connectivity index (χ4v) is 1.87. The molecular weight excluding hydrogens is 247 g/mol. The highest BCUT2D eigenvalue weighted by molar-refractivity contribution is 6.04. The van der Waals surface area contributed by atoms with E-state index in [2.05, 4.69) is 17.4 Å². The van der Waals surface area contributed by atoms with Gasteiger partial charge in [0.25, 0.3) is 5.91 Å². The molecule has 102 valence electrons. The molecule has 0 radical (unpaired) electrons. The maximum Gasteiger partial charge on any atom is 0.264 e. The molecule has 5 heteroatoms. The van der Waals surface area contributed by atoms with Gasteiger partial charge in [-0.1, -0.05) is 36.7 Å². The van der Waals surface area contributed by atoms with Crippen molar-refractivity contribution in [1.82, 2.24) is 5.32 Å². The van der Waals surface area contributed by atoms with Crippen LogP contribution in [-0.4, -0.2) is 24.3 Å². The summed E-state index contributed by atoms with van der Waals surface area (Å²) in [5.41, 5.74) is 0.875. The number of carbonyl (C=O) groups excluding carboxylic acids is 1. The van der Waals surface area contributed by atoms with Crippen molar-refractivity contribution in [1.29, 1.82) is 0 Å². The number of amides is 1. The zero-order valence-electron chi connectivity index (χ0n) is 10.9. The molecule has 1 aromatic rings. The van der Waals surface area contributed by atoms with E-state index in [4.69, 9.17) is 4.84 Å². The van der Waals surface area contributed by atoms with E-state index < -0.39 is 6.10 Å². The van der Waals surface area contributed by atoms with Gasteiger partial charge in [-0.2, -0.15) is 0 Å². The number of hydrogen-bond donors (Lipinski definition) is 1. The average Bonchev–Trinajstić information content (AvgIpc) is 2.89. The molecule has 19 heavy (non-hydrogen) atoms. The van der Waals surface area contributed by atoms with Crippen molar-refractivity contribution in [2.75, 3.05) is 6.54 Å². The second-order valence-corrected chi connectivity index (χ2v) is 4.46. The molecule has 1 aromatic carbocycles. The molecule has 1 aliphatic rings. The van der Waals surface area contributed by atoms with Gasteiger partial charge in [0.2, 0.25) is 6.10 Å². The molecule has 0 aliphatic carbocycles. The number of oxime groups is 1. The highest BCUT2D eigenvalue weighted by atomic mass is 19.1. The fraction of sp³-hybridized carbons (Fsp3) is 0.429. The Bertz CT molecular complexity index is 488. The zero-order valence-corrected chi connectivity index (χ0v) is 10.9. The number of nitrogens with one attached hydrogen (secondary N) is 1. The molecule has 0 fully saturated rings. The van der Waals surface area contributed by atoms with E-state index in [1.165, 1.54) is 6.07 Å². The van der Waals surface area contributed by atoms with E-state index in [-0.39, 0.29) is 11.7 Å². The third-order valence-electron chi connectivity index (χ3n) is 2.98. The van der Waals surface area contributed by atoms with Gasteiger partial charge >= 0.3 is 0 Å². The van der Waals surface area contributed by atoms with Crippen molar-refractivity contribution in [3.8, 4) is 0 Å². The van der Waals surface area contributed by atoms with Gasteiger partial charge in [-0.3, -0.25) is 4.79 Å². The summed E-state index contributed by atoms with van der Waals surface area (Å²) in [7, 11) is 0. The minimum atomic E-state index is -0.647. The van der Waals surface area contributed by atoms with Crippen LogP contribution in [0.3, 0.4) is 0 Å². The first-order chi connectivity index (χ1) is 9.22. The third kappa shape index (κ3) is 3.30. The number of unbranched alkanes of at least 4 members (excludes halogenated alkanes) is 1. The molecule has 2 rings (SSSR count). The van der Waals surface area contributed by atoms with Gasteiger partial charge in [-0.25, -0.2) is 4.39 Å². The molecule has 0 spiro atoms. The lowest BCUT2D eigenvalue weighted by Crippen LogP contribution is -2.35. The van der Waals surface area contributed by atoms with Gasteiger partial charge in [-0.05, 0) is 12.5 Å². The molecule has 0 saturated heterocycles. The summed E-state index contributed by atoms with van der Waals surface area (Å²) < 4.78 is 13.6. The Hall–Kier alpha value is -1.91. The van der Waals surface area contributed by atoms with Gasteiger partial charge in [-0.15, -0.1) is 0 Å². The van der Waals surface area contributed by atoms with E-state index in [1.807, 2.05) is 0 Å². The zero-order chi connectivity index (χ0) is 13.7. The lowest BCUT2D eigenvalue weighted by molar-refractivity contribution is -0.131. The Morgan fingerprint density at radius 1 is 1.53 bits per heavy atom. The number of rotatable bonds is 5. The lowest BCUT2D eigenvalue weighted by Gasteiger charge is -2.08. The Labute approximate surface area is 111 Å². The van der Waals surface area contributed by atoms with Crippen LogP contribution in [0, 0.1) is 5.82 Å². The van der Waals surface area contributed by atoms with Gasteiger partial charge in [0.05, 0.1) is 5.71 Å². The quantitative estimate of drug-likeness (QED) is 0.829. The molecule has 0 saturated carbocycles. The first-order valence-electron chi connectivity index (χ1n) is 6.47. The molecule has 4 nitrogen and oxygen atoms in total. The van der Waals surface area contributed by atoms with Crippen LogP contribution in [0.1, 0.15) is 31.7 Å². The van der Waals surface area contributed by atoms with Crippen molar-refractivity contribution in [2.24, 2.45) is 5.16 Å². The number of benzene rings is 1. The molecule has 0 unspecified atom stereocenters. The summed E-state index contributed by atoms with van der Waals surface area (Å²) in [5.74, 6) is -0.541. The summed E-state index contributed by atoms with van der Waals surface area (Å²) >= 11 is 0. The summed E-state index contributed by atoms with van der Waals surface area (Å²) in [6.45, 7) is 2.68. The molecule has 0 bridgehead atoms. The van der Waals surface area contributed by atoms with E-state index >= 15 is 0 Å². The van der Waals surface area contributed by atoms with Gasteiger partial charge in [0.15, 0.2) is 0 Å². The van der Waals surface area contributed by atoms with Crippen molar-refractivity contribution in [3.63, 3.8) is 0 Å². The lowest BCUT2D eigenvalue weighted by atomic mass is 10.0. The molecule has 1 aliphatic heterocycles. The van der Waals surface area contributed by atoms with Gasteiger partial charge in [0.1, 0.15) is 5.82 Å². The maximum absolute atomic E-state index is 13.6. The highest BCUT2D eigenvalue weighted by Gasteiger charge is 2.29. The Morgan fingerprint density at radius 2 is 2.32 bits per heavy atom. The van der Waals surface area contributed by atoms with Crippen LogP contribution < -0.4 is 5.32 Å². The van der Waals surface area contributed by atoms with E-state index in [1.54, 1.807) is 18.2 Å². The van der Waals surface area contributed by atoms with Crippen LogP contribution in [0.2, 0.25) is 0 Å². The molecule has 1 atom stereocenters. The standard InChI is InChI=1S/C14H17FN2O2/c1-2-3-8-16-14(18)13-9-12(17-19-13)10-6-4-5-7-11(10)15/h4-7,13H,2-3,8-9H2,1H3,(H,16,18)/t13-/m1/s1. The van der Waals surface area contributed by atoms with Crippen LogP contribution >= 0.6 is 0 Å². The first-order valence-corrected chi connectivity index (χ1v) is 6.47. The second-order valence-electron chi connectivity index (χ2n) is 4.46. The van der Waals surface area contributed by atoms with Crippen molar-refractivity contribution < 1.29 is 14.0 Å². The normalized spacial score (nSPS) is 17.8. The maximum atomic E-state index is 13.6. The third-order valence-corrected chi connectivity index (χ3v) is 2.98. The summed E-state index contributed by atoms with van der Waals surface area (Å²) in [6, 6.07) is 6.35. The van der Waals surface area contributed by atoms with Crippen LogP contribution in [-0.2, 0) is 9.63 Å². The fourth-order valence-electron chi connectivity index (χ4n) is 1.87. The number of halogens is 1. The highest BCUT2D eigenvalue weighted by Crippen LogP contribution is 2.18. The molecule has 1 amide bonds. The number of carbonyl (C=O) groups is 1. The van der Waals surface area contributed by atoms with Crippen LogP contribution in [0.5, 0.6) is 0 Å². The summed E-state index contributed by atoms with van der Waals surface area (Å²) in [4.78, 5) is 16.9. The van der Waals surface area contributed by atoms with Crippen LogP contribution in [0.4, 0.5) is 4.39 Å². The largest absolute Gasteiger partial charge is 0.382 e. The molecule has 1 N–H and O–H groups in total. The van der Waals surface area contributed by atoms with Crippen LogP contribution in [0.25, 0.3) is 0 Å². The van der Waals surface area contributed by atoms with E-state index in [9.17, 15) is 9.18 Å². The second kappa shape index (κ2) is 6.31. The topological polar surface area (TPSA) is 50.7 Å². The Balaban J connectivity index is 1.92. The predicted octanol–water partition coefficient (Wildman–Crippen LogP) is 2.24. The smallest absolute Gasteiger partial charge is 0.264 e. The summed E-state index contributed by atoms with van der Waals surface area (Å²) in [6.07, 6.45) is 1.60. The van der Waals surface area contributed by atoms with Crippen LogP contribution in [0.15, 0.2) is 29.4 Å². The van der Waals surface area contributed by atoms with Gasteiger partial charge in [0, 0.05) is 18.5 Å². The van der Waals surface area contributed by atoms with Crippen molar-refractivity contribution >= 4 is 11.6 Å². The van der Waals surface area contributed by atoms with Gasteiger partial charge < -0.3 is 10.2 Å². The molecule has 0 aromatic heterocycles. The SMILES string of the molecule is CCCCNC(=O)[C@H]1CC(c2ccccc2F)=NO1. The van der Waals surface area contributed by atoms with Crippen molar-refractivity contribution in [3.05, 3.63) is 35.6 Å². The summed E-state index contributed by atoms with van der Waals surface area (Å²) in [5, 5.41) is 6.59. The van der Waals surface area contributed by atoms with E-state index in [0.29, 0.717) is 24.2 Å². The van der Waals surface area contributed by atoms with E-state index in [0.717, 1.165) is 12.8 Å². The number of nitrogens with zero attached hydrogens (tertiary/aromatic N) is 1. The minimum absolute atomic E-state index is 0.191. The first kappa shape index (κ1) is 13.5. The van der Waals surface area contributed by atoms with Crippen molar-refractivity contribution in [2.45, 2.75) is 32.3 Å². The monoisotopic (exact) mass is 264 g/mol. The average molecular weight is 264 g/mol. The molecule has 1 heterocycles.